The Labute approximate surface area is 104 Å². The Morgan fingerprint density at radius 1 is 1.35 bits per heavy atom. The van der Waals surface area contributed by atoms with Crippen molar-refractivity contribution in [1.29, 1.82) is 0 Å². The Kier molecular flexibility index (Phi) is 4.97. The summed E-state index contributed by atoms with van der Waals surface area (Å²) in [6.07, 6.45) is 1.51. The molecule has 96 valence electrons. The van der Waals surface area contributed by atoms with E-state index in [-0.39, 0.29) is 5.92 Å². The molecule has 0 saturated carbocycles. The third-order valence-electron chi connectivity index (χ3n) is 3.38. The molecule has 3 N–H and O–H groups in total. The molecule has 0 fully saturated rings. The summed E-state index contributed by atoms with van der Waals surface area (Å²) in [5.74, 6) is 0.962. The van der Waals surface area contributed by atoms with E-state index >= 15 is 0 Å². The Bertz CT molecular complexity index is 329. The van der Waals surface area contributed by atoms with E-state index in [0.29, 0.717) is 13.0 Å². The first-order valence-corrected chi connectivity index (χ1v) is 6.08. The molecule has 2 unspecified atom stereocenters. The van der Waals surface area contributed by atoms with Gasteiger partial charge in [0, 0.05) is 6.42 Å². The van der Waals surface area contributed by atoms with Crippen molar-refractivity contribution in [2.24, 2.45) is 11.7 Å². The molecular formula is C14H23NO2. The highest BCUT2D eigenvalue weighted by molar-refractivity contribution is 5.28. The molecule has 0 saturated heterocycles. The van der Waals surface area contributed by atoms with Gasteiger partial charge in [-0.3, -0.25) is 0 Å². The minimum absolute atomic E-state index is 0.129. The maximum Gasteiger partial charge on any atom is 0.118 e. The van der Waals surface area contributed by atoms with Crippen LogP contribution in [0.15, 0.2) is 24.3 Å². The minimum atomic E-state index is -0.752. The highest BCUT2D eigenvalue weighted by Crippen LogP contribution is 2.25. The lowest BCUT2D eigenvalue weighted by Gasteiger charge is -2.31. The molecule has 0 bridgehead atoms. The number of aliphatic hydroxyl groups is 1. The number of hydrogen-bond acceptors (Lipinski definition) is 3. The standard InChI is InChI=1S/C14H23NO2/c1-4-12(10-15)14(2,16)9-11-5-7-13(17-3)8-6-11/h5-8,12,16H,4,9-10,15H2,1-3H3. The second kappa shape index (κ2) is 6.03. The van der Waals surface area contributed by atoms with Crippen LogP contribution in [0.5, 0.6) is 5.75 Å². The summed E-state index contributed by atoms with van der Waals surface area (Å²) in [6, 6.07) is 7.79. The molecule has 2 atom stereocenters. The first-order chi connectivity index (χ1) is 8.03. The van der Waals surface area contributed by atoms with Crippen molar-refractivity contribution in [2.75, 3.05) is 13.7 Å². The zero-order chi connectivity index (χ0) is 12.9. The van der Waals surface area contributed by atoms with Gasteiger partial charge in [0.1, 0.15) is 5.75 Å². The smallest absolute Gasteiger partial charge is 0.118 e. The normalized spacial score (nSPS) is 16.3. The third kappa shape index (κ3) is 3.72. The van der Waals surface area contributed by atoms with Crippen molar-refractivity contribution in [1.82, 2.24) is 0 Å². The van der Waals surface area contributed by atoms with Crippen molar-refractivity contribution >= 4 is 0 Å². The Morgan fingerprint density at radius 2 is 1.94 bits per heavy atom. The Hall–Kier alpha value is -1.06. The van der Waals surface area contributed by atoms with Gasteiger partial charge >= 0.3 is 0 Å². The van der Waals surface area contributed by atoms with Gasteiger partial charge in [-0.2, -0.15) is 0 Å². The summed E-state index contributed by atoms with van der Waals surface area (Å²) in [5, 5.41) is 10.4. The van der Waals surface area contributed by atoms with Crippen LogP contribution < -0.4 is 10.5 Å². The van der Waals surface area contributed by atoms with Gasteiger partial charge in [-0.1, -0.05) is 19.1 Å². The van der Waals surface area contributed by atoms with Crippen LogP contribution >= 0.6 is 0 Å². The average Bonchev–Trinajstić information content (AvgIpc) is 2.30. The quantitative estimate of drug-likeness (QED) is 0.795. The van der Waals surface area contributed by atoms with E-state index in [4.69, 9.17) is 10.5 Å². The van der Waals surface area contributed by atoms with E-state index in [1.54, 1.807) is 7.11 Å². The van der Waals surface area contributed by atoms with Crippen LogP contribution in [0, 0.1) is 5.92 Å². The predicted octanol–water partition coefficient (Wildman–Crippen LogP) is 1.97. The highest BCUT2D eigenvalue weighted by Gasteiger charge is 2.29. The summed E-state index contributed by atoms with van der Waals surface area (Å²) in [5.41, 5.74) is 6.04. The Balaban J connectivity index is 2.74. The van der Waals surface area contributed by atoms with Crippen LogP contribution in [0.2, 0.25) is 0 Å². The second-order valence-electron chi connectivity index (χ2n) is 4.72. The fourth-order valence-corrected chi connectivity index (χ4v) is 2.16. The number of nitrogens with two attached hydrogens (primary N) is 1. The van der Waals surface area contributed by atoms with Gasteiger partial charge < -0.3 is 15.6 Å². The van der Waals surface area contributed by atoms with Crippen LogP contribution in [0.25, 0.3) is 0 Å². The maximum atomic E-state index is 10.4. The fraction of sp³-hybridized carbons (Fsp3) is 0.571. The van der Waals surface area contributed by atoms with Gasteiger partial charge in [0.2, 0.25) is 0 Å². The molecule has 0 aliphatic heterocycles. The molecule has 1 aromatic rings. The lowest BCUT2D eigenvalue weighted by atomic mass is 9.82. The van der Waals surface area contributed by atoms with E-state index < -0.39 is 5.60 Å². The third-order valence-corrected chi connectivity index (χ3v) is 3.38. The molecule has 1 rings (SSSR count). The minimum Gasteiger partial charge on any atom is -0.497 e. The molecule has 0 aliphatic rings. The van der Waals surface area contributed by atoms with E-state index in [1.807, 2.05) is 31.2 Å². The molecule has 3 nitrogen and oxygen atoms in total. The SMILES string of the molecule is CCC(CN)C(C)(O)Cc1ccc(OC)cc1. The lowest BCUT2D eigenvalue weighted by molar-refractivity contribution is 0.00122. The zero-order valence-electron chi connectivity index (χ0n) is 10.9. The number of ether oxygens (including phenoxy) is 1. The monoisotopic (exact) mass is 237 g/mol. The molecule has 0 aliphatic carbocycles. The van der Waals surface area contributed by atoms with Crippen LogP contribution in [-0.4, -0.2) is 24.4 Å². The van der Waals surface area contributed by atoms with Crippen molar-refractivity contribution in [3.05, 3.63) is 29.8 Å². The van der Waals surface area contributed by atoms with Gasteiger partial charge in [0.25, 0.3) is 0 Å². The molecule has 0 heterocycles. The highest BCUT2D eigenvalue weighted by atomic mass is 16.5. The van der Waals surface area contributed by atoms with Crippen LogP contribution in [0.1, 0.15) is 25.8 Å². The largest absolute Gasteiger partial charge is 0.497 e. The maximum absolute atomic E-state index is 10.4. The first-order valence-electron chi connectivity index (χ1n) is 6.08. The van der Waals surface area contributed by atoms with E-state index in [0.717, 1.165) is 17.7 Å². The number of benzene rings is 1. The first kappa shape index (κ1) is 14.0. The van der Waals surface area contributed by atoms with Gasteiger partial charge in [-0.25, -0.2) is 0 Å². The number of hydrogen-bond donors (Lipinski definition) is 2. The van der Waals surface area contributed by atoms with Crippen LogP contribution in [0.3, 0.4) is 0 Å². The molecule has 0 amide bonds. The summed E-state index contributed by atoms with van der Waals surface area (Å²) in [6.45, 7) is 4.43. The fourth-order valence-electron chi connectivity index (χ4n) is 2.16. The zero-order valence-corrected chi connectivity index (χ0v) is 10.9. The van der Waals surface area contributed by atoms with Crippen LogP contribution in [0.4, 0.5) is 0 Å². The van der Waals surface area contributed by atoms with Crippen molar-refractivity contribution < 1.29 is 9.84 Å². The van der Waals surface area contributed by atoms with Gasteiger partial charge in [0.05, 0.1) is 12.7 Å². The number of rotatable bonds is 6. The molecular weight excluding hydrogens is 214 g/mol. The van der Waals surface area contributed by atoms with Crippen molar-refractivity contribution in [3.8, 4) is 5.75 Å². The predicted molar refractivity (Wildman–Crippen MR) is 70.2 cm³/mol. The molecule has 0 aromatic heterocycles. The number of methoxy groups -OCH3 is 1. The molecule has 0 radical (unpaired) electrons. The second-order valence-corrected chi connectivity index (χ2v) is 4.72. The topological polar surface area (TPSA) is 55.5 Å². The van der Waals surface area contributed by atoms with Gasteiger partial charge in [-0.15, -0.1) is 0 Å². The summed E-state index contributed by atoms with van der Waals surface area (Å²) >= 11 is 0. The molecule has 1 aromatic carbocycles. The molecule has 17 heavy (non-hydrogen) atoms. The average molecular weight is 237 g/mol. The molecule has 3 heteroatoms. The summed E-state index contributed by atoms with van der Waals surface area (Å²) in [7, 11) is 1.65. The lowest BCUT2D eigenvalue weighted by Crippen LogP contribution is -2.40. The van der Waals surface area contributed by atoms with E-state index in [1.165, 1.54) is 0 Å². The van der Waals surface area contributed by atoms with Crippen molar-refractivity contribution in [2.45, 2.75) is 32.3 Å². The van der Waals surface area contributed by atoms with Crippen LogP contribution in [-0.2, 0) is 6.42 Å². The van der Waals surface area contributed by atoms with E-state index in [2.05, 4.69) is 6.92 Å². The Morgan fingerprint density at radius 3 is 2.35 bits per heavy atom. The van der Waals surface area contributed by atoms with Gasteiger partial charge in [0.15, 0.2) is 0 Å². The van der Waals surface area contributed by atoms with Gasteiger partial charge in [-0.05, 0) is 43.5 Å². The summed E-state index contributed by atoms with van der Waals surface area (Å²) < 4.78 is 5.11. The van der Waals surface area contributed by atoms with Crippen molar-refractivity contribution in [3.63, 3.8) is 0 Å². The molecule has 0 spiro atoms. The summed E-state index contributed by atoms with van der Waals surface area (Å²) in [4.78, 5) is 0. The van der Waals surface area contributed by atoms with E-state index in [9.17, 15) is 5.11 Å².